The van der Waals surface area contributed by atoms with Crippen LogP contribution >= 0.6 is 0 Å². The topological polar surface area (TPSA) is 86.8 Å². The summed E-state index contributed by atoms with van der Waals surface area (Å²) in [5, 5.41) is 0.562. The first kappa shape index (κ1) is 23.2. The maximum absolute atomic E-state index is 14.7. The van der Waals surface area contributed by atoms with Crippen LogP contribution in [0.4, 0.5) is 18.9 Å². The van der Waals surface area contributed by atoms with E-state index in [1.54, 1.807) is 18.2 Å². The van der Waals surface area contributed by atoms with Crippen molar-refractivity contribution in [1.29, 1.82) is 0 Å². The number of halogens is 3. The summed E-state index contributed by atoms with van der Waals surface area (Å²) >= 11 is 0. The second kappa shape index (κ2) is 9.10. The van der Waals surface area contributed by atoms with Crippen LogP contribution in [0.5, 0.6) is 23.0 Å². The minimum Gasteiger partial charge on any atom is -0.493 e. The molecule has 34 heavy (non-hydrogen) atoms. The van der Waals surface area contributed by atoms with Crippen LogP contribution in [0.15, 0.2) is 65.7 Å². The molecule has 0 aliphatic carbocycles. The van der Waals surface area contributed by atoms with E-state index >= 15 is 0 Å². The van der Waals surface area contributed by atoms with Crippen LogP contribution in [0.3, 0.4) is 0 Å². The second-order valence-corrected chi connectivity index (χ2v) is 8.61. The smallest absolute Gasteiger partial charge is 0.265 e. The third-order valence-corrected chi connectivity index (χ3v) is 6.18. The molecule has 0 saturated carbocycles. The summed E-state index contributed by atoms with van der Waals surface area (Å²) in [4.78, 5) is 3.31. The van der Waals surface area contributed by atoms with Gasteiger partial charge in [0.1, 0.15) is 28.0 Å². The molecule has 0 atom stereocenters. The summed E-state index contributed by atoms with van der Waals surface area (Å²) in [6, 6.07) is 10.2. The molecular formula is C23H17F3N2O5S. The number of sulfonamides is 1. The Morgan fingerprint density at radius 1 is 0.824 bits per heavy atom. The van der Waals surface area contributed by atoms with Gasteiger partial charge in [0, 0.05) is 23.7 Å². The zero-order valence-electron chi connectivity index (χ0n) is 17.8. The number of anilines is 1. The third-order valence-electron chi connectivity index (χ3n) is 4.80. The number of hydrogen-bond donors (Lipinski definition) is 1. The molecule has 0 aliphatic rings. The molecule has 0 spiro atoms. The lowest BCUT2D eigenvalue weighted by molar-refractivity contribution is 0.355. The molecule has 0 amide bonds. The van der Waals surface area contributed by atoms with E-state index in [9.17, 15) is 21.6 Å². The van der Waals surface area contributed by atoms with Crippen molar-refractivity contribution >= 4 is 26.6 Å². The van der Waals surface area contributed by atoms with Gasteiger partial charge in [0.25, 0.3) is 10.0 Å². The summed E-state index contributed by atoms with van der Waals surface area (Å²) in [5.41, 5.74) is 0.0686. The van der Waals surface area contributed by atoms with Crippen LogP contribution in [-0.4, -0.2) is 27.6 Å². The van der Waals surface area contributed by atoms with Gasteiger partial charge in [-0.05, 0) is 42.5 Å². The monoisotopic (exact) mass is 490 g/mol. The predicted octanol–water partition coefficient (Wildman–Crippen LogP) is 5.26. The number of pyridine rings is 1. The summed E-state index contributed by atoms with van der Waals surface area (Å²) in [7, 11) is -1.61. The van der Waals surface area contributed by atoms with Crippen molar-refractivity contribution in [2.75, 3.05) is 18.9 Å². The highest BCUT2D eigenvalue weighted by Gasteiger charge is 2.22. The molecule has 0 fully saturated rings. The van der Waals surface area contributed by atoms with Crippen molar-refractivity contribution < 1.29 is 35.8 Å². The average molecular weight is 490 g/mol. The highest BCUT2D eigenvalue weighted by atomic mass is 32.2. The SMILES string of the molecule is COc1cc2nccc(Oc3ccc(NS(=O)(=O)c4cc(F)ccc4F)c(F)c3)c2cc1OC. The number of benzene rings is 3. The van der Waals surface area contributed by atoms with Gasteiger partial charge in [0.15, 0.2) is 17.3 Å². The van der Waals surface area contributed by atoms with Crippen molar-refractivity contribution in [1.82, 2.24) is 4.98 Å². The Hall–Kier alpha value is -3.99. The molecule has 0 radical (unpaired) electrons. The van der Waals surface area contributed by atoms with Crippen LogP contribution in [0.2, 0.25) is 0 Å². The van der Waals surface area contributed by atoms with Crippen molar-refractivity contribution in [3.05, 3.63) is 78.2 Å². The number of hydrogen-bond acceptors (Lipinski definition) is 6. The summed E-state index contributed by atoms with van der Waals surface area (Å²) in [6.45, 7) is 0. The van der Waals surface area contributed by atoms with E-state index in [4.69, 9.17) is 14.2 Å². The fourth-order valence-electron chi connectivity index (χ4n) is 3.19. The van der Waals surface area contributed by atoms with E-state index in [0.717, 1.165) is 18.2 Å². The lowest BCUT2D eigenvalue weighted by Crippen LogP contribution is -2.15. The van der Waals surface area contributed by atoms with Gasteiger partial charge in [-0.3, -0.25) is 9.71 Å². The molecule has 0 unspecified atom stereocenters. The lowest BCUT2D eigenvalue weighted by atomic mass is 10.2. The first-order valence-corrected chi connectivity index (χ1v) is 11.2. The standard InChI is InChI=1S/C23H17F3N2O5S/c1-31-21-11-15-19(12-22(21)32-2)27-8-7-20(15)33-14-4-6-18(17(26)10-14)28-34(29,30)23-9-13(24)3-5-16(23)25/h3-12,28H,1-2H3. The van der Waals surface area contributed by atoms with Gasteiger partial charge in [-0.1, -0.05) is 0 Å². The largest absolute Gasteiger partial charge is 0.493 e. The van der Waals surface area contributed by atoms with Crippen LogP contribution < -0.4 is 18.9 Å². The molecule has 1 N–H and O–H groups in total. The molecule has 1 heterocycles. The van der Waals surface area contributed by atoms with Gasteiger partial charge in [0.05, 0.1) is 25.4 Å². The van der Waals surface area contributed by atoms with E-state index in [-0.39, 0.29) is 5.75 Å². The first-order valence-electron chi connectivity index (χ1n) is 9.68. The fourth-order valence-corrected chi connectivity index (χ4v) is 4.35. The molecule has 7 nitrogen and oxygen atoms in total. The molecule has 3 aromatic carbocycles. The van der Waals surface area contributed by atoms with E-state index in [0.29, 0.717) is 40.3 Å². The van der Waals surface area contributed by atoms with Crippen molar-refractivity contribution in [2.45, 2.75) is 4.90 Å². The van der Waals surface area contributed by atoms with Crippen LogP contribution in [0, 0.1) is 17.5 Å². The summed E-state index contributed by atoms with van der Waals surface area (Å²) in [6.07, 6.45) is 1.50. The van der Waals surface area contributed by atoms with Crippen molar-refractivity contribution in [2.24, 2.45) is 0 Å². The molecule has 176 valence electrons. The zero-order chi connectivity index (χ0) is 24.5. The van der Waals surface area contributed by atoms with Gasteiger partial charge in [-0.25, -0.2) is 21.6 Å². The fraction of sp³-hybridized carbons (Fsp3) is 0.0870. The zero-order valence-corrected chi connectivity index (χ0v) is 18.6. The third kappa shape index (κ3) is 4.55. The van der Waals surface area contributed by atoms with Gasteiger partial charge < -0.3 is 14.2 Å². The number of fused-ring (bicyclic) bond motifs is 1. The normalized spacial score (nSPS) is 11.3. The molecule has 0 saturated heterocycles. The lowest BCUT2D eigenvalue weighted by Gasteiger charge is -2.13. The first-order chi connectivity index (χ1) is 16.2. The Morgan fingerprint density at radius 3 is 2.26 bits per heavy atom. The summed E-state index contributed by atoms with van der Waals surface area (Å²) in [5.74, 6) is -1.82. The Morgan fingerprint density at radius 2 is 1.56 bits per heavy atom. The van der Waals surface area contributed by atoms with E-state index in [2.05, 4.69) is 4.98 Å². The average Bonchev–Trinajstić information content (AvgIpc) is 2.81. The van der Waals surface area contributed by atoms with Crippen LogP contribution in [0.25, 0.3) is 10.9 Å². The van der Waals surface area contributed by atoms with Crippen molar-refractivity contribution in [3.63, 3.8) is 0 Å². The molecule has 0 bridgehead atoms. The molecule has 0 aliphatic heterocycles. The second-order valence-electron chi connectivity index (χ2n) is 6.96. The van der Waals surface area contributed by atoms with Gasteiger partial charge in [0.2, 0.25) is 0 Å². The number of aromatic nitrogens is 1. The van der Waals surface area contributed by atoms with E-state index in [1.165, 1.54) is 26.5 Å². The van der Waals surface area contributed by atoms with Crippen molar-refractivity contribution in [3.8, 4) is 23.0 Å². The van der Waals surface area contributed by atoms with Gasteiger partial charge >= 0.3 is 0 Å². The number of rotatable bonds is 7. The quantitative estimate of drug-likeness (QED) is 0.380. The molecule has 4 rings (SSSR count). The van der Waals surface area contributed by atoms with E-state index < -0.39 is 38.1 Å². The molecular weight excluding hydrogens is 473 g/mol. The Bertz CT molecular complexity index is 1500. The number of ether oxygens (including phenoxy) is 3. The van der Waals surface area contributed by atoms with E-state index in [1.807, 2.05) is 4.72 Å². The van der Waals surface area contributed by atoms with Gasteiger partial charge in [-0.2, -0.15) is 0 Å². The number of methoxy groups -OCH3 is 2. The van der Waals surface area contributed by atoms with Crippen LogP contribution in [0.1, 0.15) is 0 Å². The Kier molecular flexibility index (Phi) is 6.20. The molecule has 1 aromatic heterocycles. The van der Waals surface area contributed by atoms with Gasteiger partial charge in [-0.15, -0.1) is 0 Å². The van der Waals surface area contributed by atoms with Crippen LogP contribution in [-0.2, 0) is 10.0 Å². The maximum atomic E-state index is 14.7. The highest BCUT2D eigenvalue weighted by molar-refractivity contribution is 7.92. The Labute approximate surface area is 192 Å². The maximum Gasteiger partial charge on any atom is 0.265 e. The minimum atomic E-state index is -4.58. The molecule has 4 aromatic rings. The minimum absolute atomic E-state index is 0.0552. The predicted molar refractivity (Wildman–Crippen MR) is 118 cm³/mol. The Balaban J connectivity index is 1.63. The highest BCUT2D eigenvalue weighted by Crippen LogP contribution is 2.37. The summed E-state index contributed by atoms with van der Waals surface area (Å²) < 4.78 is 85.1. The number of nitrogens with one attached hydrogen (secondary N) is 1. The number of nitrogens with zero attached hydrogens (tertiary/aromatic N) is 1. The molecule has 11 heteroatoms.